The topological polar surface area (TPSA) is 63.2 Å². The van der Waals surface area contributed by atoms with Gasteiger partial charge in [-0.1, -0.05) is 32.4 Å². The molecule has 4 nitrogen and oxygen atoms in total. The third-order valence-electron chi connectivity index (χ3n) is 3.19. The molecule has 0 aromatic heterocycles. The van der Waals surface area contributed by atoms with Crippen LogP contribution in [0.5, 0.6) is 0 Å². The first kappa shape index (κ1) is 17.3. The molecule has 7 heteroatoms. The molecule has 1 aromatic rings. The molecule has 0 bridgehead atoms. The van der Waals surface area contributed by atoms with Gasteiger partial charge >= 0.3 is 0 Å². The van der Waals surface area contributed by atoms with Crippen LogP contribution in [-0.4, -0.2) is 20.9 Å². The van der Waals surface area contributed by atoms with Crippen molar-refractivity contribution >= 4 is 37.2 Å². The Morgan fingerprint density at radius 1 is 1.30 bits per heavy atom. The summed E-state index contributed by atoms with van der Waals surface area (Å²) in [5.74, 6) is 0.322. The molecular weight excluding hydrogens is 321 g/mol. The SMILES string of the molecule is CC(C)C(C)CNC(=O)c1cc(S(=O)(=O)Cl)ccc1Cl. The molecule has 0 radical (unpaired) electrons. The van der Waals surface area contributed by atoms with Crippen molar-refractivity contribution in [3.8, 4) is 0 Å². The Labute approximate surface area is 128 Å². The second kappa shape index (κ2) is 6.78. The van der Waals surface area contributed by atoms with Crippen LogP contribution in [-0.2, 0) is 9.05 Å². The lowest BCUT2D eigenvalue weighted by Gasteiger charge is -2.16. The average Bonchev–Trinajstić information content (AvgIpc) is 2.34. The fraction of sp³-hybridized carbons (Fsp3) is 0.462. The van der Waals surface area contributed by atoms with Crippen molar-refractivity contribution in [1.82, 2.24) is 5.32 Å². The molecule has 1 unspecified atom stereocenters. The second-order valence-electron chi connectivity index (χ2n) is 5.01. The quantitative estimate of drug-likeness (QED) is 0.838. The summed E-state index contributed by atoms with van der Waals surface area (Å²) < 4.78 is 22.5. The number of carbonyl (C=O) groups excluding carboxylic acids is 1. The summed E-state index contributed by atoms with van der Waals surface area (Å²) in [5, 5.41) is 2.92. The third-order valence-corrected chi connectivity index (χ3v) is 4.87. The lowest BCUT2D eigenvalue weighted by molar-refractivity contribution is 0.0945. The molecule has 0 spiro atoms. The van der Waals surface area contributed by atoms with E-state index in [2.05, 4.69) is 19.2 Å². The van der Waals surface area contributed by atoms with E-state index in [1.54, 1.807) is 0 Å². The zero-order chi connectivity index (χ0) is 15.5. The molecule has 1 rings (SSSR count). The molecule has 1 N–H and O–H groups in total. The van der Waals surface area contributed by atoms with Gasteiger partial charge in [0.25, 0.3) is 15.0 Å². The van der Waals surface area contributed by atoms with Gasteiger partial charge in [-0.25, -0.2) is 8.42 Å². The highest BCUT2D eigenvalue weighted by Gasteiger charge is 2.17. The fourth-order valence-corrected chi connectivity index (χ4v) is 2.40. The van der Waals surface area contributed by atoms with Gasteiger partial charge in [-0.3, -0.25) is 4.79 Å². The molecule has 0 heterocycles. The highest BCUT2D eigenvalue weighted by molar-refractivity contribution is 8.13. The van der Waals surface area contributed by atoms with Gasteiger partial charge in [-0.15, -0.1) is 0 Å². The minimum Gasteiger partial charge on any atom is -0.352 e. The molecule has 1 amide bonds. The maximum absolute atomic E-state index is 12.0. The summed E-state index contributed by atoms with van der Waals surface area (Å²) >= 11 is 5.92. The van der Waals surface area contributed by atoms with Gasteiger partial charge in [-0.05, 0) is 30.0 Å². The molecule has 1 aromatic carbocycles. The monoisotopic (exact) mass is 337 g/mol. The standard InChI is InChI=1S/C13H17Cl2NO3S/c1-8(2)9(3)7-16-13(17)11-6-10(20(15,18)19)4-5-12(11)14/h4-6,8-9H,7H2,1-3H3,(H,16,17). The zero-order valence-electron chi connectivity index (χ0n) is 11.5. The van der Waals surface area contributed by atoms with E-state index >= 15 is 0 Å². The van der Waals surface area contributed by atoms with E-state index in [1.165, 1.54) is 18.2 Å². The van der Waals surface area contributed by atoms with Crippen LogP contribution in [0.3, 0.4) is 0 Å². The average molecular weight is 338 g/mol. The molecule has 0 aliphatic rings. The summed E-state index contributed by atoms with van der Waals surface area (Å²) in [7, 11) is 1.37. The summed E-state index contributed by atoms with van der Waals surface area (Å²) in [5.41, 5.74) is 0.101. The van der Waals surface area contributed by atoms with Crippen molar-refractivity contribution in [2.75, 3.05) is 6.54 Å². The molecular formula is C13H17Cl2NO3S. The molecule has 0 aliphatic carbocycles. The number of halogens is 2. The Bertz CT molecular complexity index is 600. The van der Waals surface area contributed by atoms with Crippen molar-refractivity contribution < 1.29 is 13.2 Å². The Morgan fingerprint density at radius 2 is 1.90 bits per heavy atom. The number of amides is 1. The van der Waals surface area contributed by atoms with Crippen molar-refractivity contribution in [2.45, 2.75) is 25.7 Å². The van der Waals surface area contributed by atoms with Gasteiger partial charge in [0.05, 0.1) is 15.5 Å². The van der Waals surface area contributed by atoms with Gasteiger partial charge in [0.2, 0.25) is 0 Å². The van der Waals surface area contributed by atoms with Gasteiger partial charge in [0, 0.05) is 17.2 Å². The number of rotatable bonds is 5. The van der Waals surface area contributed by atoms with E-state index in [1.807, 2.05) is 6.92 Å². The number of hydrogen-bond acceptors (Lipinski definition) is 3. The molecule has 112 valence electrons. The Kier molecular flexibility index (Phi) is 5.86. The summed E-state index contributed by atoms with van der Waals surface area (Å²) in [6.45, 7) is 6.63. The van der Waals surface area contributed by atoms with E-state index < -0.39 is 15.0 Å². The van der Waals surface area contributed by atoms with Crippen LogP contribution in [0, 0.1) is 11.8 Å². The molecule has 0 saturated carbocycles. The van der Waals surface area contributed by atoms with Crippen LogP contribution in [0.1, 0.15) is 31.1 Å². The Balaban J connectivity index is 2.93. The first-order valence-electron chi connectivity index (χ1n) is 6.15. The number of nitrogens with one attached hydrogen (secondary N) is 1. The van der Waals surface area contributed by atoms with E-state index in [9.17, 15) is 13.2 Å². The molecule has 1 atom stereocenters. The smallest absolute Gasteiger partial charge is 0.261 e. The minimum atomic E-state index is -3.89. The number of benzene rings is 1. The first-order valence-corrected chi connectivity index (χ1v) is 8.84. The van der Waals surface area contributed by atoms with Crippen LogP contribution < -0.4 is 5.32 Å². The summed E-state index contributed by atoms with van der Waals surface area (Å²) in [4.78, 5) is 11.9. The largest absolute Gasteiger partial charge is 0.352 e. The molecule has 20 heavy (non-hydrogen) atoms. The van der Waals surface area contributed by atoms with Crippen LogP contribution in [0.4, 0.5) is 0 Å². The lowest BCUT2D eigenvalue weighted by atomic mass is 9.98. The van der Waals surface area contributed by atoms with E-state index in [0.717, 1.165) is 0 Å². The zero-order valence-corrected chi connectivity index (χ0v) is 13.8. The molecule has 0 fully saturated rings. The normalized spacial score (nSPS) is 13.3. The third kappa shape index (κ3) is 4.65. The van der Waals surface area contributed by atoms with Gasteiger partial charge in [0.1, 0.15) is 0 Å². The summed E-state index contributed by atoms with van der Waals surface area (Å²) in [6.07, 6.45) is 0. The maximum atomic E-state index is 12.0. The van der Waals surface area contributed by atoms with Gasteiger partial charge in [-0.2, -0.15) is 0 Å². The first-order chi connectivity index (χ1) is 9.12. The predicted molar refractivity (Wildman–Crippen MR) is 80.8 cm³/mol. The Hall–Kier alpha value is -0.780. The highest BCUT2D eigenvalue weighted by Crippen LogP contribution is 2.23. The number of carbonyl (C=O) groups is 1. The predicted octanol–water partition coefficient (Wildman–Crippen LogP) is 3.29. The van der Waals surface area contributed by atoms with E-state index in [-0.39, 0.29) is 15.5 Å². The van der Waals surface area contributed by atoms with Crippen molar-refractivity contribution in [3.05, 3.63) is 28.8 Å². The van der Waals surface area contributed by atoms with Gasteiger partial charge in [0.15, 0.2) is 0 Å². The van der Waals surface area contributed by atoms with Crippen LogP contribution in [0.15, 0.2) is 23.1 Å². The van der Waals surface area contributed by atoms with Crippen LogP contribution in [0.25, 0.3) is 0 Å². The van der Waals surface area contributed by atoms with Crippen LogP contribution in [0.2, 0.25) is 5.02 Å². The van der Waals surface area contributed by atoms with Crippen LogP contribution >= 0.6 is 22.3 Å². The fourth-order valence-electron chi connectivity index (χ4n) is 1.41. The van der Waals surface area contributed by atoms with E-state index in [4.69, 9.17) is 22.3 Å². The van der Waals surface area contributed by atoms with Crippen molar-refractivity contribution in [2.24, 2.45) is 11.8 Å². The second-order valence-corrected chi connectivity index (χ2v) is 7.98. The maximum Gasteiger partial charge on any atom is 0.261 e. The highest BCUT2D eigenvalue weighted by atomic mass is 35.7. The Morgan fingerprint density at radius 3 is 2.40 bits per heavy atom. The number of hydrogen-bond donors (Lipinski definition) is 1. The molecule has 0 aliphatic heterocycles. The van der Waals surface area contributed by atoms with Crippen molar-refractivity contribution in [3.63, 3.8) is 0 Å². The van der Waals surface area contributed by atoms with Gasteiger partial charge < -0.3 is 5.32 Å². The minimum absolute atomic E-state index is 0.101. The summed E-state index contributed by atoms with van der Waals surface area (Å²) in [6, 6.07) is 3.79. The lowest BCUT2D eigenvalue weighted by Crippen LogP contribution is -2.30. The molecule has 0 saturated heterocycles. The van der Waals surface area contributed by atoms with Crippen molar-refractivity contribution in [1.29, 1.82) is 0 Å². The van der Waals surface area contributed by atoms with E-state index in [0.29, 0.717) is 18.4 Å².